The van der Waals surface area contributed by atoms with Gasteiger partial charge in [-0.25, -0.2) is 0 Å². The molecule has 0 aliphatic rings. The van der Waals surface area contributed by atoms with Crippen molar-refractivity contribution in [2.75, 3.05) is 11.5 Å². The molecule has 0 aromatic carbocycles. The zero-order chi connectivity index (χ0) is 19.3. The maximum absolute atomic E-state index is 4.33. The van der Waals surface area contributed by atoms with E-state index in [0.717, 1.165) is 56.1 Å². The summed E-state index contributed by atoms with van der Waals surface area (Å²) < 4.78 is 4.16. The van der Waals surface area contributed by atoms with Gasteiger partial charge in [0.1, 0.15) is 0 Å². The van der Waals surface area contributed by atoms with Gasteiger partial charge in [-0.3, -0.25) is 0 Å². The highest BCUT2D eigenvalue weighted by atomic mass is 32.2. The molecule has 4 rings (SSSR count). The molecule has 0 aliphatic heterocycles. The molecule has 146 valence electrons. The number of hydrogen-bond acceptors (Lipinski definition) is 8. The average Bonchev–Trinajstić information content (AvgIpc) is 3.47. The van der Waals surface area contributed by atoms with Crippen LogP contribution < -0.4 is 0 Å². The fourth-order valence-corrected chi connectivity index (χ4v) is 5.96. The zero-order valence-electron chi connectivity index (χ0n) is 15.6. The molecular formula is C18H20N6S4. The SMILES string of the molecule is Cn1c(SCCCCSc2nnc(-c3cccs3)n2C)nnc1-c1cccs1. The second-order valence-corrected chi connectivity index (χ2v) is 10.1. The molecule has 0 bridgehead atoms. The van der Waals surface area contributed by atoms with E-state index in [-0.39, 0.29) is 0 Å². The van der Waals surface area contributed by atoms with Gasteiger partial charge in [0.05, 0.1) is 9.75 Å². The third-order valence-electron chi connectivity index (χ3n) is 4.15. The maximum atomic E-state index is 4.33. The molecule has 0 saturated heterocycles. The highest BCUT2D eigenvalue weighted by Crippen LogP contribution is 2.28. The second kappa shape index (κ2) is 9.25. The van der Waals surface area contributed by atoms with Crippen molar-refractivity contribution in [3.63, 3.8) is 0 Å². The van der Waals surface area contributed by atoms with Crippen molar-refractivity contribution in [2.24, 2.45) is 14.1 Å². The summed E-state index contributed by atoms with van der Waals surface area (Å²) in [6, 6.07) is 8.24. The van der Waals surface area contributed by atoms with E-state index in [1.165, 1.54) is 0 Å². The minimum absolute atomic E-state index is 0.942. The summed E-state index contributed by atoms with van der Waals surface area (Å²) in [5.74, 6) is 3.96. The van der Waals surface area contributed by atoms with Crippen molar-refractivity contribution < 1.29 is 0 Å². The van der Waals surface area contributed by atoms with Crippen LogP contribution in [0.1, 0.15) is 12.8 Å². The Kier molecular flexibility index (Phi) is 6.50. The first-order valence-electron chi connectivity index (χ1n) is 8.86. The van der Waals surface area contributed by atoms with Gasteiger partial charge in [0.15, 0.2) is 22.0 Å². The van der Waals surface area contributed by atoms with Crippen LogP contribution in [0.4, 0.5) is 0 Å². The van der Waals surface area contributed by atoms with Crippen molar-refractivity contribution in [2.45, 2.75) is 23.2 Å². The summed E-state index contributed by atoms with van der Waals surface area (Å²) in [6.45, 7) is 0. The van der Waals surface area contributed by atoms with E-state index in [4.69, 9.17) is 0 Å². The number of thiophene rings is 2. The van der Waals surface area contributed by atoms with Crippen LogP contribution in [-0.4, -0.2) is 41.0 Å². The van der Waals surface area contributed by atoms with Crippen LogP contribution in [-0.2, 0) is 14.1 Å². The van der Waals surface area contributed by atoms with E-state index in [1.807, 2.05) is 26.2 Å². The van der Waals surface area contributed by atoms with Crippen LogP contribution in [0.15, 0.2) is 45.3 Å². The zero-order valence-corrected chi connectivity index (χ0v) is 18.9. The number of nitrogens with zero attached hydrogens (tertiary/aromatic N) is 6. The average molecular weight is 449 g/mol. The van der Waals surface area contributed by atoms with Crippen LogP contribution in [0.3, 0.4) is 0 Å². The molecule has 10 heteroatoms. The minimum atomic E-state index is 0.942. The molecule has 0 amide bonds. The van der Waals surface area contributed by atoms with E-state index in [2.05, 4.69) is 52.4 Å². The van der Waals surface area contributed by atoms with Crippen LogP contribution in [0.2, 0.25) is 0 Å². The van der Waals surface area contributed by atoms with Crippen LogP contribution in [0.5, 0.6) is 0 Å². The van der Waals surface area contributed by atoms with Gasteiger partial charge in [0.2, 0.25) is 0 Å². The van der Waals surface area contributed by atoms with E-state index < -0.39 is 0 Å². The smallest absolute Gasteiger partial charge is 0.191 e. The molecule has 6 nitrogen and oxygen atoms in total. The number of thioether (sulfide) groups is 2. The lowest BCUT2D eigenvalue weighted by Gasteiger charge is -2.04. The molecule has 0 radical (unpaired) electrons. The summed E-state index contributed by atoms with van der Waals surface area (Å²) in [7, 11) is 4.07. The summed E-state index contributed by atoms with van der Waals surface area (Å²) >= 11 is 6.92. The summed E-state index contributed by atoms with van der Waals surface area (Å²) in [5.41, 5.74) is 0. The van der Waals surface area contributed by atoms with Gasteiger partial charge in [-0.05, 0) is 35.7 Å². The number of unbranched alkanes of at least 4 members (excludes halogenated alkanes) is 1. The van der Waals surface area contributed by atoms with Crippen molar-refractivity contribution in [1.29, 1.82) is 0 Å². The van der Waals surface area contributed by atoms with E-state index in [1.54, 1.807) is 46.2 Å². The Labute approximate surface area is 180 Å². The van der Waals surface area contributed by atoms with Crippen molar-refractivity contribution in [3.8, 4) is 21.4 Å². The van der Waals surface area contributed by atoms with Gasteiger partial charge in [-0.2, -0.15) is 0 Å². The fraction of sp³-hybridized carbons (Fsp3) is 0.333. The predicted octanol–water partition coefficient (Wildman–Crippen LogP) is 5.07. The molecule has 0 atom stereocenters. The Morgan fingerprint density at radius 1 is 0.750 bits per heavy atom. The maximum Gasteiger partial charge on any atom is 0.191 e. The molecule has 0 saturated carbocycles. The molecule has 0 spiro atoms. The largest absolute Gasteiger partial charge is 0.305 e. The topological polar surface area (TPSA) is 61.4 Å². The van der Waals surface area contributed by atoms with Crippen LogP contribution in [0.25, 0.3) is 21.4 Å². The van der Waals surface area contributed by atoms with E-state index in [9.17, 15) is 0 Å². The second-order valence-electron chi connectivity index (χ2n) is 6.09. The Morgan fingerprint density at radius 2 is 1.21 bits per heavy atom. The molecule has 0 fully saturated rings. The molecule has 0 aliphatic carbocycles. The summed E-state index contributed by atoms with van der Waals surface area (Å²) in [4.78, 5) is 2.31. The fourth-order valence-electron chi connectivity index (χ4n) is 2.65. The highest BCUT2D eigenvalue weighted by Gasteiger charge is 2.13. The van der Waals surface area contributed by atoms with Gasteiger partial charge >= 0.3 is 0 Å². The summed E-state index contributed by atoms with van der Waals surface area (Å²) in [5, 5.41) is 23.4. The molecule has 4 aromatic rings. The van der Waals surface area contributed by atoms with Crippen molar-refractivity contribution in [3.05, 3.63) is 35.0 Å². The molecule has 0 N–H and O–H groups in total. The highest BCUT2D eigenvalue weighted by molar-refractivity contribution is 7.99. The van der Waals surface area contributed by atoms with Gasteiger partial charge in [0.25, 0.3) is 0 Å². The summed E-state index contributed by atoms with van der Waals surface area (Å²) in [6.07, 6.45) is 2.27. The van der Waals surface area contributed by atoms with E-state index in [0.29, 0.717) is 0 Å². The standard InChI is InChI=1S/C18H20N6S4/c1-23-15(13-7-5-11-25-13)19-21-17(23)27-9-3-4-10-28-18-22-20-16(24(18)2)14-8-6-12-26-14/h5-8,11-12H,3-4,9-10H2,1-2H3. The van der Waals surface area contributed by atoms with Gasteiger partial charge < -0.3 is 9.13 Å². The number of hydrogen-bond donors (Lipinski definition) is 0. The molecule has 0 unspecified atom stereocenters. The first kappa shape index (κ1) is 19.7. The Balaban J connectivity index is 1.21. The van der Waals surface area contributed by atoms with Crippen LogP contribution in [0, 0.1) is 0 Å². The molecule has 28 heavy (non-hydrogen) atoms. The molecule has 4 aromatic heterocycles. The molecule has 4 heterocycles. The lowest BCUT2D eigenvalue weighted by atomic mass is 10.4. The Morgan fingerprint density at radius 3 is 1.61 bits per heavy atom. The van der Waals surface area contributed by atoms with Gasteiger partial charge in [-0.1, -0.05) is 35.7 Å². The molecular weight excluding hydrogens is 429 g/mol. The van der Waals surface area contributed by atoms with Crippen molar-refractivity contribution >= 4 is 46.2 Å². The minimum Gasteiger partial charge on any atom is -0.305 e. The third-order valence-corrected chi connectivity index (χ3v) is 8.10. The predicted molar refractivity (Wildman–Crippen MR) is 119 cm³/mol. The monoisotopic (exact) mass is 448 g/mol. The van der Waals surface area contributed by atoms with Gasteiger partial charge in [0, 0.05) is 25.6 Å². The van der Waals surface area contributed by atoms with Crippen molar-refractivity contribution in [1.82, 2.24) is 29.5 Å². The lowest BCUT2D eigenvalue weighted by molar-refractivity contribution is 0.787. The Bertz CT molecular complexity index is 921. The van der Waals surface area contributed by atoms with Crippen LogP contribution >= 0.6 is 46.2 Å². The van der Waals surface area contributed by atoms with E-state index >= 15 is 0 Å². The quantitative estimate of drug-likeness (QED) is 0.263. The number of aromatic nitrogens is 6. The first-order chi connectivity index (χ1) is 13.7. The first-order valence-corrected chi connectivity index (χ1v) is 12.6. The lowest BCUT2D eigenvalue weighted by Crippen LogP contribution is -1.95. The third kappa shape index (κ3) is 4.35. The normalized spacial score (nSPS) is 11.4. The van der Waals surface area contributed by atoms with Gasteiger partial charge in [-0.15, -0.1) is 43.1 Å². The Hall–Kier alpha value is -1.62. The number of rotatable bonds is 9.